The summed E-state index contributed by atoms with van der Waals surface area (Å²) in [5.74, 6) is 2.10. The van der Waals surface area contributed by atoms with Gasteiger partial charge in [0.15, 0.2) is 0 Å². The first-order valence-electron chi connectivity index (χ1n) is 16.5. The van der Waals surface area contributed by atoms with E-state index in [4.69, 9.17) is 19.4 Å². The second kappa shape index (κ2) is 12.2. The normalized spacial score (nSPS) is 21.8. The molecule has 14 nitrogen and oxygen atoms in total. The van der Waals surface area contributed by atoms with Crippen LogP contribution in [0.25, 0.3) is 16.8 Å². The Hall–Kier alpha value is -5.00. The maximum atomic E-state index is 11.5. The van der Waals surface area contributed by atoms with Gasteiger partial charge in [0.05, 0.1) is 48.7 Å². The van der Waals surface area contributed by atoms with Crippen molar-refractivity contribution in [3.05, 3.63) is 60.3 Å². The first-order valence-corrected chi connectivity index (χ1v) is 16.5. The molecule has 0 aromatic carbocycles. The van der Waals surface area contributed by atoms with Crippen LogP contribution in [0.3, 0.4) is 0 Å². The summed E-state index contributed by atoms with van der Waals surface area (Å²) in [6.07, 6.45) is 11.2. The number of fused-ring (bicyclic) bond motifs is 3. The van der Waals surface area contributed by atoms with Gasteiger partial charge in [0.2, 0.25) is 5.88 Å². The molecular weight excluding hydrogens is 612 g/mol. The molecule has 1 N–H and O–H groups in total. The standard InChI is InChI=1S/C34H38N10O4/c1-47-31-4-3-23(12-38-31)16-43-25-9-26(43)18-42(17-25)30-15-36-29(14-37-30)28-10-27(19-44-32(28)24(11-35)13-39-44)48-8-7-40-20-34(21-40)5-2-6-41(22-34)33(45)46/h3-4,10,12-15,19,25-26H,2,5-9,16-18,20-22H2,1H3,(H,45,46). The van der Waals surface area contributed by atoms with Crippen LogP contribution in [0, 0.1) is 16.7 Å². The van der Waals surface area contributed by atoms with Crippen molar-refractivity contribution in [2.45, 2.75) is 37.9 Å². The van der Waals surface area contributed by atoms with Crippen LogP contribution in [0.2, 0.25) is 0 Å². The lowest BCUT2D eigenvalue weighted by molar-refractivity contribution is -0.0524. The maximum absolute atomic E-state index is 11.5. The molecule has 0 aliphatic carbocycles. The Balaban J connectivity index is 0.915. The number of nitriles is 1. The molecular formula is C34H38N10O4. The van der Waals surface area contributed by atoms with Gasteiger partial charge in [-0.3, -0.25) is 14.8 Å². The SMILES string of the molecule is COc1ccc(CN2C3CC2CN(c2cnc(-c4cc(OCCN5CC6(CCCN(C(=O)O)C6)C5)cn5ncc(C#N)c45)cn2)C3)cn1. The zero-order chi connectivity index (χ0) is 32.8. The van der Waals surface area contributed by atoms with Crippen LogP contribution < -0.4 is 14.4 Å². The fourth-order valence-electron chi connectivity index (χ4n) is 8.03. The van der Waals surface area contributed by atoms with Crippen LogP contribution in [-0.2, 0) is 6.54 Å². The number of likely N-dealkylation sites (tertiary alicyclic amines) is 2. The molecule has 4 aromatic rings. The number of ether oxygens (including phenoxy) is 2. The molecule has 2 atom stereocenters. The number of pyridine rings is 2. The van der Waals surface area contributed by atoms with Gasteiger partial charge >= 0.3 is 6.09 Å². The largest absolute Gasteiger partial charge is 0.491 e. The Morgan fingerprint density at radius 2 is 1.96 bits per heavy atom. The highest BCUT2D eigenvalue weighted by molar-refractivity contribution is 5.83. The Morgan fingerprint density at radius 3 is 2.67 bits per heavy atom. The van der Waals surface area contributed by atoms with Crippen LogP contribution in [0.4, 0.5) is 10.6 Å². The average molecular weight is 651 g/mol. The molecule has 14 heteroatoms. The smallest absolute Gasteiger partial charge is 0.407 e. The van der Waals surface area contributed by atoms with Gasteiger partial charge in [-0.25, -0.2) is 19.3 Å². The van der Waals surface area contributed by atoms with Gasteiger partial charge in [-0.1, -0.05) is 6.07 Å². The number of methoxy groups -OCH3 is 1. The molecule has 248 valence electrons. The van der Waals surface area contributed by atoms with Gasteiger partial charge in [0, 0.05) is 87.7 Å². The minimum Gasteiger partial charge on any atom is -0.491 e. The number of carboxylic acid groups (broad SMARTS) is 1. The number of aromatic nitrogens is 5. The zero-order valence-electron chi connectivity index (χ0n) is 26.9. The molecule has 0 radical (unpaired) electrons. The number of hydrogen-bond acceptors (Lipinski definition) is 11. The van der Waals surface area contributed by atoms with Crippen molar-refractivity contribution >= 4 is 17.4 Å². The lowest BCUT2D eigenvalue weighted by atomic mass is 9.73. The summed E-state index contributed by atoms with van der Waals surface area (Å²) in [5.41, 5.74) is 3.75. The van der Waals surface area contributed by atoms with Crippen LogP contribution in [0.15, 0.2) is 49.2 Å². The number of piperazine rings is 1. The van der Waals surface area contributed by atoms with Gasteiger partial charge in [0.1, 0.15) is 24.2 Å². The molecule has 1 spiro atoms. The number of piperidine rings is 2. The van der Waals surface area contributed by atoms with Crippen molar-refractivity contribution in [1.82, 2.24) is 39.3 Å². The van der Waals surface area contributed by atoms with E-state index < -0.39 is 6.09 Å². The van der Waals surface area contributed by atoms with Crippen molar-refractivity contribution in [2.24, 2.45) is 5.41 Å². The molecule has 48 heavy (non-hydrogen) atoms. The highest BCUT2D eigenvalue weighted by Gasteiger charge is 2.46. The summed E-state index contributed by atoms with van der Waals surface area (Å²) in [5, 5.41) is 23.6. The fraction of sp³-hybridized carbons (Fsp3) is 0.471. The van der Waals surface area contributed by atoms with E-state index in [2.05, 4.69) is 36.9 Å². The summed E-state index contributed by atoms with van der Waals surface area (Å²) in [7, 11) is 1.63. The second-order valence-corrected chi connectivity index (χ2v) is 13.5. The van der Waals surface area contributed by atoms with E-state index in [0.29, 0.717) is 60.2 Å². The Kier molecular flexibility index (Phi) is 7.73. The van der Waals surface area contributed by atoms with Gasteiger partial charge in [0.25, 0.3) is 0 Å². The predicted octanol–water partition coefficient (Wildman–Crippen LogP) is 2.98. The third-order valence-electron chi connectivity index (χ3n) is 10.4. The topological polar surface area (TPSA) is 148 Å². The molecule has 9 heterocycles. The summed E-state index contributed by atoms with van der Waals surface area (Å²) >= 11 is 0. The lowest BCUT2D eigenvalue weighted by Gasteiger charge is -2.56. The highest BCUT2D eigenvalue weighted by atomic mass is 16.5. The number of anilines is 1. The number of carbonyl (C=O) groups is 1. The molecule has 2 bridgehead atoms. The zero-order valence-corrected chi connectivity index (χ0v) is 26.9. The average Bonchev–Trinajstić information content (AvgIpc) is 3.53. The molecule has 5 aliphatic heterocycles. The van der Waals surface area contributed by atoms with Crippen molar-refractivity contribution < 1.29 is 19.4 Å². The van der Waals surface area contributed by atoms with Crippen LogP contribution >= 0.6 is 0 Å². The van der Waals surface area contributed by atoms with E-state index in [1.165, 1.54) is 12.0 Å². The highest BCUT2D eigenvalue weighted by Crippen LogP contribution is 2.39. The van der Waals surface area contributed by atoms with Gasteiger partial charge < -0.3 is 24.4 Å². The Morgan fingerprint density at radius 1 is 1.10 bits per heavy atom. The summed E-state index contributed by atoms with van der Waals surface area (Å²) < 4.78 is 13.1. The number of nitrogens with zero attached hydrogens (tertiary/aromatic N) is 10. The third kappa shape index (κ3) is 5.62. The van der Waals surface area contributed by atoms with E-state index >= 15 is 0 Å². The number of hydrogen-bond donors (Lipinski definition) is 1. The minimum absolute atomic E-state index is 0.0687. The van der Waals surface area contributed by atoms with Crippen molar-refractivity contribution in [3.8, 4) is 29.0 Å². The van der Waals surface area contributed by atoms with E-state index in [9.17, 15) is 15.2 Å². The summed E-state index contributed by atoms with van der Waals surface area (Å²) in [4.78, 5) is 34.2. The first-order chi connectivity index (χ1) is 23.4. The minimum atomic E-state index is -0.825. The summed E-state index contributed by atoms with van der Waals surface area (Å²) in [6.45, 7) is 6.87. The van der Waals surface area contributed by atoms with Crippen LogP contribution in [0.1, 0.15) is 30.4 Å². The van der Waals surface area contributed by atoms with Crippen molar-refractivity contribution in [3.63, 3.8) is 0 Å². The molecule has 0 saturated carbocycles. The van der Waals surface area contributed by atoms with E-state index in [-0.39, 0.29) is 5.41 Å². The summed E-state index contributed by atoms with van der Waals surface area (Å²) in [6, 6.07) is 9.05. The second-order valence-electron chi connectivity index (χ2n) is 13.5. The molecule has 5 fully saturated rings. The molecule has 5 aliphatic rings. The monoisotopic (exact) mass is 650 g/mol. The number of rotatable bonds is 9. The molecule has 2 unspecified atom stereocenters. The van der Waals surface area contributed by atoms with Gasteiger partial charge in [-0.15, -0.1) is 0 Å². The quantitative estimate of drug-likeness (QED) is 0.284. The Bertz CT molecular complexity index is 1840. The fourth-order valence-corrected chi connectivity index (χ4v) is 8.03. The molecule has 1 amide bonds. The van der Waals surface area contributed by atoms with Crippen LogP contribution in [-0.4, -0.2) is 122 Å². The third-order valence-corrected chi connectivity index (χ3v) is 10.4. The van der Waals surface area contributed by atoms with E-state index in [1.54, 1.807) is 35.1 Å². The van der Waals surface area contributed by atoms with E-state index in [0.717, 1.165) is 63.5 Å². The Labute approximate surface area is 278 Å². The van der Waals surface area contributed by atoms with Crippen LogP contribution in [0.5, 0.6) is 11.6 Å². The van der Waals surface area contributed by atoms with Crippen molar-refractivity contribution in [2.75, 3.05) is 64.4 Å². The number of amides is 1. The maximum Gasteiger partial charge on any atom is 0.407 e. The first kappa shape index (κ1) is 30.3. The molecule has 4 aromatic heterocycles. The lowest BCUT2D eigenvalue weighted by Crippen LogP contribution is -2.68. The van der Waals surface area contributed by atoms with Gasteiger partial charge in [-0.2, -0.15) is 10.4 Å². The van der Waals surface area contributed by atoms with Crippen molar-refractivity contribution in [1.29, 1.82) is 5.26 Å². The predicted molar refractivity (Wildman–Crippen MR) is 175 cm³/mol. The molecule has 9 rings (SSSR count). The van der Waals surface area contributed by atoms with E-state index in [1.807, 2.05) is 24.5 Å². The van der Waals surface area contributed by atoms with Gasteiger partial charge in [-0.05, 0) is 30.9 Å². The molecule has 5 saturated heterocycles.